The van der Waals surface area contributed by atoms with Gasteiger partial charge in [0.05, 0.1) is 4.70 Å². The average Bonchev–Trinajstić information content (AvgIpc) is 3.39. The Kier molecular flexibility index (Phi) is 4.81. The summed E-state index contributed by atoms with van der Waals surface area (Å²) < 4.78 is 6.91. The van der Waals surface area contributed by atoms with E-state index in [0.717, 1.165) is 55.2 Å². The van der Waals surface area contributed by atoms with Crippen LogP contribution in [0.4, 0.5) is 4.79 Å². The number of primary amides is 1. The number of likely N-dealkylation sites (tertiary alicyclic amines) is 2. The van der Waals surface area contributed by atoms with Crippen molar-refractivity contribution in [2.45, 2.75) is 6.42 Å². The molecule has 4 heterocycles. The summed E-state index contributed by atoms with van der Waals surface area (Å²) in [6, 6.07) is 11.8. The minimum absolute atomic E-state index is 0.282. The van der Waals surface area contributed by atoms with Gasteiger partial charge in [0.15, 0.2) is 5.65 Å². The summed E-state index contributed by atoms with van der Waals surface area (Å²) >= 11 is 1.50. The number of carbonyl (C=O) groups is 1. The Hall–Kier alpha value is -2.71. The second-order valence-electron chi connectivity index (χ2n) is 7.82. The molecule has 2 aliphatic rings. The molecule has 0 bridgehead atoms. The average molecular weight is 410 g/mol. The van der Waals surface area contributed by atoms with Gasteiger partial charge >= 0.3 is 6.03 Å². The molecule has 3 aromatic rings. The van der Waals surface area contributed by atoms with Gasteiger partial charge in [0, 0.05) is 38.9 Å². The Labute approximate surface area is 173 Å². The Bertz CT molecular complexity index is 974. The van der Waals surface area contributed by atoms with Gasteiger partial charge in [-0.05, 0) is 48.1 Å². The standard InChI is InChI=1S/C21H23N5O2S/c22-20(27)26-12-15-10-25(11-16(15)13-26)9-7-14-3-5-17(6-4-14)28-21-24-19-18(29-21)2-1-8-23-19/h1-6,8,15-16H,7,9-13H2,(H2,22,27). The molecule has 1 aromatic carbocycles. The summed E-state index contributed by atoms with van der Waals surface area (Å²) in [4.78, 5) is 24.3. The van der Waals surface area contributed by atoms with E-state index in [4.69, 9.17) is 10.5 Å². The minimum Gasteiger partial charge on any atom is -0.431 e. The smallest absolute Gasteiger partial charge is 0.314 e. The summed E-state index contributed by atoms with van der Waals surface area (Å²) in [6.45, 7) is 4.77. The molecule has 2 saturated heterocycles. The number of rotatable bonds is 5. The highest BCUT2D eigenvalue weighted by Gasteiger charge is 2.40. The van der Waals surface area contributed by atoms with Crippen molar-refractivity contribution < 1.29 is 9.53 Å². The lowest BCUT2D eigenvalue weighted by Crippen LogP contribution is -2.37. The normalized spacial score (nSPS) is 21.6. The molecule has 2 fully saturated rings. The summed E-state index contributed by atoms with van der Waals surface area (Å²) in [5, 5.41) is 0.611. The highest BCUT2D eigenvalue weighted by Crippen LogP contribution is 2.32. The van der Waals surface area contributed by atoms with Crippen LogP contribution in [0.2, 0.25) is 0 Å². The number of fused-ring (bicyclic) bond motifs is 2. The molecule has 0 aliphatic carbocycles. The number of hydrogen-bond acceptors (Lipinski definition) is 6. The SMILES string of the molecule is NC(=O)N1CC2CN(CCc3ccc(Oc4nc5ncccc5s4)cc3)CC2C1. The zero-order chi connectivity index (χ0) is 19.8. The number of thiazole rings is 1. The summed E-state index contributed by atoms with van der Waals surface area (Å²) in [7, 11) is 0. The predicted molar refractivity (Wildman–Crippen MR) is 112 cm³/mol. The molecule has 0 radical (unpaired) electrons. The maximum Gasteiger partial charge on any atom is 0.314 e. The van der Waals surface area contributed by atoms with Crippen LogP contribution in [0.3, 0.4) is 0 Å². The van der Waals surface area contributed by atoms with E-state index in [-0.39, 0.29) is 6.03 Å². The van der Waals surface area contributed by atoms with Crippen LogP contribution in [-0.2, 0) is 6.42 Å². The number of urea groups is 1. The molecule has 7 nitrogen and oxygen atoms in total. The first-order valence-corrected chi connectivity index (χ1v) is 10.7. The minimum atomic E-state index is -0.282. The van der Waals surface area contributed by atoms with Crippen molar-refractivity contribution in [3.05, 3.63) is 48.2 Å². The second kappa shape index (κ2) is 7.61. The van der Waals surface area contributed by atoms with E-state index in [1.807, 2.05) is 24.3 Å². The van der Waals surface area contributed by atoms with E-state index in [1.54, 1.807) is 11.1 Å². The third kappa shape index (κ3) is 3.90. The zero-order valence-electron chi connectivity index (χ0n) is 16.0. The lowest BCUT2D eigenvalue weighted by atomic mass is 10.0. The second-order valence-corrected chi connectivity index (χ2v) is 8.82. The molecule has 2 aromatic heterocycles. The number of pyridine rings is 1. The van der Waals surface area contributed by atoms with Crippen molar-refractivity contribution in [1.82, 2.24) is 19.8 Å². The first-order valence-electron chi connectivity index (χ1n) is 9.89. The van der Waals surface area contributed by atoms with Crippen molar-refractivity contribution >= 4 is 27.7 Å². The van der Waals surface area contributed by atoms with Crippen LogP contribution in [0.5, 0.6) is 10.9 Å². The molecule has 2 N–H and O–H groups in total. The number of nitrogens with zero attached hydrogens (tertiary/aromatic N) is 4. The monoisotopic (exact) mass is 409 g/mol. The van der Waals surface area contributed by atoms with E-state index in [0.29, 0.717) is 17.0 Å². The molecular formula is C21H23N5O2S. The summed E-state index contributed by atoms with van der Waals surface area (Å²) in [6.07, 6.45) is 2.74. The number of benzene rings is 1. The van der Waals surface area contributed by atoms with Gasteiger partial charge in [-0.3, -0.25) is 0 Å². The van der Waals surface area contributed by atoms with Crippen LogP contribution in [0, 0.1) is 11.8 Å². The molecule has 8 heteroatoms. The van der Waals surface area contributed by atoms with Crippen LogP contribution in [-0.4, -0.2) is 58.5 Å². The maximum absolute atomic E-state index is 11.3. The highest BCUT2D eigenvalue weighted by molar-refractivity contribution is 7.20. The maximum atomic E-state index is 11.3. The largest absolute Gasteiger partial charge is 0.431 e. The van der Waals surface area contributed by atoms with E-state index >= 15 is 0 Å². The fourth-order valence-electron chi connectivity index (χ4n) is 4.36. The van der Waals surface area contributed by atoms with Gasteiger partial charge in [0.2, 0.25) is 0 Å². The lowest BCUT2D eigenvalue weighted by molar-refractivity contribution is 0.209. The van der Waals surface area contributed by atoms with Crippen molar-refractivity contribution in [2.24, 2.45) is 17.6 Å². The Morgan fingerprint density at radius 2 is 1.90 bits per heavy atom. The molecule has 2 unspecified atom stereocenters. The molecule has 0 spiro atoms. The summed E-state index contributed by atoms with van der Waals surface area (Å²) in [5.41, 5.74) is 7.42. The van der Waals surface area contributed by atoms with Gasteiger partial charge < -0.3 is 20.3 Å². The van der Waals surface area contributed by atoms with Gasteiger partial charge in [-0.2, -0.15) is 4.98 Å². The number of aromatic nitrogens is 2. The van der Waals surface area contributed by atoms with Crippen LogP contribution < -0.4 is 10.5 Å². The van der Waals surface area contributed by atoms with Crippen LogP contribution >= 0.6 is 11.3 Å². The topological polar surface area (TPSA) is 84.6 Å². The van der Waals surface area contributed by atoms with Gasteiger partial charge in [-0.15, -0.1) is 0 Å². The van der Waals surface area contributed by atoms with Crippen molar-refractivity contribution in [2.75, 3.05) is 32.7 Å². The van der Waals surface area contributed by atoms with Gasteiger partial charge in [-0.1, -0.05) is 23.5 Å². The number of ether oxygens (including phenoxy) is 1. The first kappa shape index (κ1) is 18.3. The molecular weight excluding hydrogens is 386 g/mol. The van der Waals surface area contributed by atoms with Crippen LogP contribution in [0.15, 0.2) is 42.6 Å². The van der Waals surface area contributed by atoms with Gasteiger partial charge in [-0.25, -0.2) is 9.78 Å². The van der Waals surface area contributed by atoms with E-state index in [1.165, 1.54) is 16.9 Å². The summed E-state index contributed by atoms with van der Waals surface area (Å²) in [5.74, 6) is 1.93. The number of amides is 2. The quantitative estimate of drug-likeness (QED) is 0.700. The fourth-order valence-corrected chi connectivity index (χ4v) is 5.15. The molecule has 150 valence electrons. The number of nitrogens with two attached hydrogens (primary N) is 1. The van der Waals surface area contributed by atoms with E-state index in [9.17, 15) is 4.79 Å². The lowest BCUT2D eigenvalue weighted by Gasteiger charge is -2.20. The predicted octanol–water partition coefficient (Wildman–Crippen LogP) is 2.97. The van der Waals surface area contributed by atoms with E-state index < -0.39 is 0 Å². The molecule has 2 aliphatic heterocycles. The molecule has 2 amide bonds. The first-order chi connectivity index (χ1) is 14.1. The Morgan fingerprint density at radius 1 is 1.14 bits per heavy atom. The van der Waals surface area contributed by atoms with Crippen molar-refractivity contribution in [1.29, 1.82) is 0 Å². The van der Waals surface area contributed by atoms with Crippen molar-refractivity contribution in [3.63, 3.8) is 0 Å². The zero-order valence-corrected chi connectivity index (χ0v) is 16.8. The van der Waals surface area contributed by atoms with Gasteiger partial charge in [0.1, 0.15) is 5.75 Å². The highest BCUT2D eigenvalue weighted by atomic mass is 32.1. The van der Waals surface area contributed by atoms with Gasteiger partial charge in [0.25, 0.3) is 5.19 Å². The number of hydrogen-bond donors (Lipinski definition) is 1. The third-order valence-corrected chi connectivity index (χ3v) is 6.75. The van der Waals surface area contributed by atoms with Crippen LogP contribution in [0.25, 0.3) is 10.3 Å². The molecule has 0 saturated carbocycles. The molecule has 5 rings (SSSR count). The fraction of sp³-hybridized carbons (Fsp3) is 0.381. The van der Waals surface area contributed by atoms with Crippen molar-refractivity contribution in [3.8, 4) is 10.9 Å². The van der Waals surface area contributed by atoms with E-state index in [2.05, 4.69) is 27.0 Å². The number of carbonyl (C=O) groups excluding carboxylic acids is 1. The Morgan fingerprint density at radius 3 is 2.59 bits per heavy atom. The molecule has 2 atom stereocenters. The van der Waals surface area contributed by atoms with Crippen LogP contribution in [0.1, 0.15) is 5.56 Å². The molecule has 29 heavy (non-hydrogen) atoms. The Balaban J connectivity index is 1.13. The third-order valence-electron chi connectivity index (χ3n) is 5.86.